The number of benzene rings is 2. The second-order valence-electron chi connectivity index (χ2n) is 6.68. The van der Waals surface area contributed by atoms with Crippen LogP contribution in [0.5, 0.6) is 0 Å². The minimum absolute atomic E-state index is 0.137. The summed E-state index contributed by atoms with van der Waals surface area (Å²) >= 11 is 0. The SMILES string of the molecule is CS(=O)(=O)Nc1ccc(-c2coc3cc(C#CC4CC4)ccc3c2=O)cc1. The Balaban J connectivity index is 1.68. The molecule has 0 radical (unpaired) electrons. The molecule has 0 aliphatic heterocycles. The first-order valence-electron chi connectivity index (χ1n) is 8.54. The van der Waals surface area contributed by atoms with Crippen molar-refractivity contribution in [3.8, 4) is 23.0 Å². The summed E-state index contributed by atoms with van der Waals surface area (Å²) in [6.45, 7) is 0. The molecule has 0 unspecified atom stereocenters. The van der Waals surface area contributed by atoms with Crippen molar-refractivity contribution in [3.05, 3.63) is 64.5 Å². The van der Waals surface area contributed by atoms with Gasteiger partial charge in [0, 0.05) is 17.2 Å². The van der Waals surface area contributed by atoms with Crippen LogP contribution in [0.4, 0.5) is 5.69 Å². The Morgan fingerprint density at radius 3 is 2.52 bits per heavy atom. The van der Waals surface area contributed by atoms with E-state index in [-0.39, 0.29) is 5.43 Å². The Labute approximate surface area is 157 Å². The molecule has 0 spiro atoms. The third kappa shape index (κ3) is 4.04. The van der Waals surface area contributed by atoms with Crippen LogP contribution >= 0.6 is 0 Å². The van der Waals surface area contributed by atoms with Crippen molar-refractivity contribution in [1.82, 2.24) is 0 Å². The van der Waals surface area contributed by atoms with Crippen molar-refractivity contribution in [2.24, 2.45) is 5.92 Å². The molecule has 1 heterocycles. The Morgan fingerprint density at radius 2 is 1.85 bits per heavy atom. The summed E-state index contributed by atoms with van der Waals surface area (Å²) in [4.78, 5) is 12.8. The molecule has 0 amide bonds. The van der Waals surface area contributed by atoms with E-state index in [0.717, 1.165) is 24.7 Å². The minimum Gasteiger partial charge on any atom is -0.463 e. The number of rotatable bonds is 3. The van der Waals surface area contributed by atoms with Crippen LogP contribution in [0, 0.1) is 17.8 Å². The zero-order valence-electron chi connectivity index (χ0n) is 14.7. The highest BCUT2D eigenvalue weighted by Crippen LogP contribution is 2.28. The number of anilines is 1. The first-order valence-corrected chi connectivity index (χ1v) is 10.4. The monoisotopic (exact) mass is 379 g/mol. The Morgan fingerprint density at radius 1 is 1.11 bits per heavy atom. The fraction of sp³-hybridized carbons (Fsp3) is 0.190. The van der Waals surface area contributed by atoms with E-state index in [1.54, 1.807) is 36.4 Å². The van der Waals surface area contributed by atoms with Crippen molar-refractivity contribution < 1.29 is 12.8 Å². The minimum atomic E-state index is -3.34. The van der Waals surface area contributed by atoms with Gasteiger partial charge in [-0.15, -0.1) is 0 Å². The Bertz CT molecular complexity index is 1240. The molecule has 1 aromatic heterocycles. The fourth-order valence-corrected chi connectivity index (χ4v) is 3.31. The maximum absolute atomic E-state index is 12.8. The Kier molecular flexibility index (Phi) is 4.25. The summed E-state index contributed by atoms with van der Waals surface area (Å²) in [6, 6.07) is 11.9. The summed E-state index contributed by atoms with van der Waals surface area (Å²) in [5, 5.41) is 0.489. The number of nitrogens with one attached hydrogen (secondary N) is 1. The van der Waals surface area contributed by atoms with E-state index in [4.69, 9.17) is 4.42 Å². The number of hydrogen-bond acceptors (Lipinski definition) is 4. The van der Waals surface area contributed by atoms with Gasteiger partial charge < -0.3 is 4.42 Å². The topological polar surface area (TPSA) is 76.4 Å². The van der Waals surface area contributed by atoms with Gasteiger partial charge in [0.05, 0.1) is 17.2 Å². The second kappa shape index (κ2) is 6.60. The average Bonchev–Trinajstić information content (AvgIpc) is 3.44. The van der Waals surface area contributed by atoms with Gasteiger partial charge in [-0.2, -0.15) is 0 Å². The van der Waals surface area contributed by atoms with Gasteiger partial charge in [0.15, 0.2) is 5.43 Å². The largest absolute Gasteiger partial charge is 0.463 e. The van der Waals surface area contributed by atoms with Crippen LogP contribution in [0.2, 0.25) is 0 Å². The van der Waals surface area contributed by atoms with Gasteiger partial charge in [0.1, 0.15) is 11.8 Å². The van der Waals surface area contributed by atoms with Crippen LogP contribution in [-0.4, -0.2) is 14.7 Å². The van der Waals surface area contributed by atoms with Crippen LogP contribution in [0.1, 0.15) is 18.4 Å². The highest BCUT2D eigenvalue weighted by molar-refractivity contribution is 7.92. The molecule has 1 fully saturated rings. The summed E-state index contributed by atoms with van der Waals surface area (Å²) in [6.07, 6.45) is 4.85. The highest BCUT2D eigenvalue weighted by atomic mass is 32.2. The fourth-order valence-electron chi connectivity index (χ4n) is 2.75. The van der Waals surface area contributed by atoms with Crippen molar-refractivity contribution in [2.75, 3.05) is 11.0 Å². The molecule has 2 aromatic carbocycles. The van der Waals surface area contributed by atoms with E-state index in [1.807, 2.05) is 6.07 Å². The van der Waals surface area contributed by atoms with Crippen molar-refractivity contribution in [1.29, 1.82) is 0 Å². The smallest absolute Gasteiger partial charge is 0.229 e. The van der Waals surface area contributed by atoms with Crippen LogP contribution in [0.15, 0.2) is 57.9 Å². The van der Waals surface area contributed by atoms with E-state index in [0.29, 0.717) is 33.7 Å². The molecule has 1 aliphatic rings. The first-order chi connectivity index (χ1) is 12.9. The predicted octanol–water partition coefficient (Wildman–Crippen LogP) is 3.59. The third-order valence-electron chi connectivity index (χ3n) is 4.27. The second-order valence-corrected chi connectivity index (χ2v) is 8.43. The molecular formula is C21H17NO4S. The molecule has 5 nitrogen and oxygen atoms in total. The van der Waals surface area contributed by atoms with Crippen LogP contribution in [-0.2, 0) is 10.0 Å². The third-order valence-corrected chi connectivity index (χ3v) is 4.88. The summed E-state index contributed by atoms with van der Waals surface area (Å²) in [5.41, 5.74) is 2.71. The quantitative estimate of drug-likeness (QED) is 0.706. The molecule has 6 heteroatoms. The van der Waals surface area contributed by atoms with Gasteiger partial charge in [-0.25, -0.2) is 8.42 Å². The molecule has 136 valence electrons. The molecule has 1 aliphatic carbocycles. The highest BCUT2D eigenvalue weighted by Gasteiger charge is 2.17. The van der Waals surface area contributed by atoms with E-state index >= 15 is 0 Å². The van der Waals surface area contributed by atoms with Crippen LogP contribution in [0.25, 0.3) is 22.1 Å². The standard InChI is InChI=1S/C21H17NO4S/c1-27(24,25)22-17-9-7-16(8-10-17)19-13-26-20-12-15(5-4-14-2-3-14)6-11-18(20)21(19)23/h6-14,22H,2-3H2,1H3. The molecule has 27 heavy (non-hydrogen) atoms. The number of fused-ring (bicyclic) bond motifs is 1. The molecule has 4 rings (SSSR count). The van der Waals surface area contributed by atoms with Gasteiger partial charge in [-0.1, -0.05) is 24.0 Å². The van der Waals surface area contributed by atoms with E-state index in [9.17, 15) is 13.2 Å². The van der Waals surface area contributed by atoms with Gasteiger partial charge in [0.25, 0.3) is 0 Å². The molecule has 0 saturated heterocycles. The molecule has 1 saturated carbocycles. The van der Waals surface area contributed by atoms with Crippen LogP contribution < -0.4 is 10.2 Å². The van der Waals surface area contributed by atoms with Crippen molar-refractivity contribution in [2.45, 2.75) is 12.8 Å². The Hall–Kier alpha value is -3.04. The molecule has 3 aromatic rings. The average molecular weight is 379 g/mol. The van der Waals surface area contributed by atoms with Gasteiger partial charge in [-0.3, -0.25) is 9.52 Å². The lowest BCUT2D eigenvalue weighted by Gasteiger charge is -2.06. The molecular weight excluding hydrogens is 362 g/mol. The predicted molar refractivity (Wildman–Crippen MR) is 106 cm³/mol. The van der Waals surface area contributed by atoms with E-state index < -0.39 is 10.0 Å². The first kappa shape index (κ1) is 17.4. The van der Waals surface area contributed by atoms with Gasteiger partial charge in [0.2, 0.25) is 10.0 Å². The summed E-state index contributed by atoms with van der Waals surface area (Å²) in [5.74, 6) is 6.82. The normalized spacial score (nSPS) is 13.8. The van der Waals surface area contributed by atoms with E-state index in [1.165, 1.54) is 6.26 Å². The zero-order valence-corrected chi connectivity index (χ0v) is 15.5. The maximum atomic E-state index is 12.8. The molecule has 1 N–H and O–H groups in total. The summed E-state index contributed by atoms with van der Waals surface area (Å²) in [7, 11) is -3.34. The van der Waals surface area contributed by atoms with Crippen molar-refractivity contribution in [3.63, 3.8) is 0 Å². The summed E-state index contributed by atoms with van der Waals surface area (Å²) < 4.78 is 30.6. The number of hydrogen-bond donors (Lipinski definition) is 1. The van der Waals surface area contributed by atoms with Gasteiger partial charge in [-0.05, 0) is 48.7 Å². The lowest BCUT2D eigenvalue weighted by Crippen LogP contribution is -2.09. The zero-order chi connectivity index (χ0) is 19.0. The van der Waals surface area contributed by atoms with E-state index in [2.05, 4.69) is 16.6 Å². The van der Waals surface area contributed by atoms with Crippen LogP contribution in [0.3, 0.4) is 0 Å². The number of sulfonamides is 1. The van der Waals surface area contributed by atoms with Gasteiger partial charge >= 0.3 is 0 Å². The lowest BCUT2D eigenvalue weighted by atomic mass is 10.0. The lowest BCUT2D eigenvalue weighted by molar-refractivity contribution is 0.604. The molecule has 0 atom stereocenters. The molecule has 0 bridgehead atoms. The maximum Gasteiger partial charge on any atom is 0.229 e. The van der Waals surface area contributed by atoms with Crippen molar-refractivity contribution >= 4 is 26.7 Å².